The Morgan fingerprint density at radius 1 is 1.20 bits per heavy atom. The molecule has 0 aliphatic heterocycles. The second-order valence-electron chi connectivity index (χ2n) is 4.56. The van der Waals surface area contributed by atoms with E-state index < -0.39 is 0 Å². The van der Waals surface area contributed by atoms with E-state index in [0.717, 1.165) is 19.4 Å². The number of hydrogen-bond donors (Lipinski definition) is 1. The Labute approximate surface area is 119 Å². The maximum atomic E-state index is 6.06. The number of hydrogen-bond acceptors (Lipinski definition) is 4. The van der Waals surface area contributed by atoms with Crippen LogP contribution in [-0.2, 0) is 6.54 Å². The van der Waals surface area contributed by atoms with Crippen molar-refractivity contribution in [3.8, 4) is 17.2 Å². The van der Waals surface area contributed by atoms with Crippen molar-refractivity contribution in [3.05, 3.63) is 30.6 Å². The summed E-state index contributed by atoms with van der Waals surface area (Å²) in [5, 5.41) is 4.22. The summed E-state index contributed by atoms with van der Waals surface area (Å²) in [5.74, 6) is 1.93. The standard InChI is InChI=1S/C15H21N3O2/c1-3-8-18-11-12(10-17-18)20-14-7-5-6-13(15(14)16)19-9-4-2/h5-7,10-11H,3-4,8-9,16H2,1-2H3. The van der Waals surface area contributed by atoms with Crippen LogP contribution in [0.15, 0.2) is 30.6 Å². The molecule has 0 bridgehead atoms. The van der Waals surface area contributed by atoms with Gasteiger partial charge < -0.3 is 15.2 Å². The van der Waals surface area contributed by atoms with E-state index in [9.17, 15) is 0 Å². The number of ether oxygens (including phenoxy) is 2. The molecule has 0 amide bonds. The maximum Gasteiger partial charge on any atom is 0.165 e. The van der Waals surface area contributed by atoms with Crippen molar-refractivity contribution in [1.29, 1.82) is 0 Å². The fraction of sp³-hybridized carbons (Fsp3) is 0.400. The van der Waals surface area contributed by atoms with E-state index in [2.05, 4.69) is 18.9 Å². The smallest absolute Gasteiger partial charge is 0.165 e. The first-order chi connectivity index (χ1) is 9.74. The fourth-order valence-corrected chi connectivity index (χ4v) is 1.83. The lowest BCUT2D eigenvalue weighted by molar-refractivity contribution is 0.318. The highest BCUT2D eigenvalue weighted by Gasteiger charge is 2.09. The lowest BCUT2D eigenvalue weighted by atomic mass is 10.2. The molecule has 108 valence electrons. The number of nitrogens with two attached hydrogens (primary N) is 1. The van der Waals surface area contributed by atoms with E-state index in [-0.39, 0.29) is 0 Å². The zero-order chi connectivity index (χ0) is 14.4. The Morgan fingerprint density at radius 2 is 2.00 bits per heavy atom. The Morgan fingerprint density at radius 3 is 2.75 bits per heavy atom. The van der Waals surface area contributed by atoms with Gasteiger partial charge in [-0.1, -0.05) is 19.9 Å². The zero-order valence-electron chi connectivity index (χ0n) is 12.0. The Hall–Kier alpha value is -2.17. The summed E-state index contributed by atoms with van der Waals surface area (Å²) in [5.41, 5.74) is 6.58. The van der Waals surface area contributed by atoms with Gasteiger partial charge >= 0.3 is 0 Å². The Balaban J connectivity index is 2.11. The van der Waals surface area contributed by atoms with Crippen LogP contribution in [0.2, 0.25) is 0 Å². The Kier molecular flexibility index (Phi) is 4.87. The van der Waals surface area contributed by atoms with Gasteiger partial charge in [-0.15, -0.1) is 0 Å². The fourth-order valence-electron chi connectivity index (χ4n) is 1.83. The number of rotatable bonds is 7. The summed E-state index contributed by atoms with van der Waals surface area (Å²) >= 11 is 0. The third-order valence-corrected chi connectivity index (χ3v) is 2.78. The van der Waals surface area contributed by atoms with Crippen LogP contribution in [-0.4, -0.2) is 16.4 Å². The lowest BCUT2D eigenvalue weighted by Gasteiger charge is -2.11. The van der Waals surface area contributed by atoms with E-state index in [4.69, 9.17) is 15.2 Å². The molecule has 0 radical (unpaired) electrons. The van der Waals surface area contributed by atoms with Gasteiger partial charge in [0, 0.05) is 6.54 Å². The van der Waals surface area contributed by atoms with Crippen molar-refractivity contribution in [2.24, 2.45) is 0 Å². The second-order valence-corrected chi connectivity index (χ2v) is 4.56. The normalized spacial score (nSPS) is 10.5. The quantitative estimate of drug-likeness (QED) is 0.786. The maximum absolute atomic E-state index is 6.06. The third kappa shape index (κ3) is 3.44. The van der Waals surface area contributed by atoms with Gasteiger partial charge in [0.1, 0.15) is 11.4 Å². The van der Waals surface area contributed by atoms with Crippen molar-refractivity contribution < 1.29 is 9.47 Å². The average Bonchev–Trinajstić information content (AvgIpc) is 2.88. The largest absolute Gasteiger partial charge is 0.491 e. The highest BCUT2D eigenvalue weighted by atomic mass is 16.5. The van der Waals surface area contributed by atoms with Crippen LogP contribution in [0.25, 0.3) is 0 Å². The Bertz CT molecular complexity index is 552. The summed E-state index contributed by atoms with van der Waals surface area (Å²) in [6.07, 6.45) is 5.52. The van der Waals surface area contributed by atoms with Crippen molar-refractivity contribution in [2.45, 2.75) is 33.2 Å². The van der Waals surface area contributed by atoms with E-state index in [1.54, 1.807) is 6.20 Å². The third-order valence-electron chi connectivity index (χ3n) is 2.78. The molecule has 0 aliphatic rings. The molecule has 0 unspecified atom stereocenters. The van der Waals surface area contributed by atoms with Crippen LogP contribution in [0.5, 0.6) is 17.2 Å². The summed E-state index contributed by atoms with van der Waals surface area (Å²) in [7, 11) is 0. The first-order valence-corrected chi connectivity index (χ1v) is 6.96. The first kappa shape index (κ1) is 14.2. The van der Waals surface area contributed by atoms with Gasteiger partial charge in [0.15, 0.2) is 11.5 Å². The molecule has 0 saturated heterocycles. The topological polar surface area (TPSA) is 62.3 Å². The minimum absolute atomic E-state index is 0.518. The minimum atomic E-state index is 0.518. The molecule has 0 fully saturated rings. The van der Waals surface area contributed by atoms with Gasteiger partial charge in [-0.25, -0.2) is 0 Å². The number of anilines is 1. The number of aryl methyl sites for hydroxylation is 1. The van der Waals surface area contributed by atoms with Crippen LogP contribution in [0.3, 0.4) is 0 Å². The van der Waals surface area contributed by atoms with Gasteiger partial charge in [0.25, 0.3) is 0 Å². The summed E-state index contributed by atoms with van der Waals surface area (Å²) in [6, 6.07) is 5.54. The predicted molar refractivity (Wildman–Crippen MR) is 79.2 cm³/mol. The zero-order valence-corrected chi connectivity index (χ0v) is 12.0. The second kappa shape index (κ2) is 6.84. The van der Waals surface area contributed by atoms with E-state index in [1.807, 2.05) is 29.1 Å². The molecule has 5 nitrogen and oxygen atoms in total. The average molecular weight is 275 g/mol. The van der Waals surface area contributed by atoms with Gasteiger partial charge in [-0.05, 0) is 25.0 Å². The van der Waals surface area contributed by atoms with Gasteiger partial charge in [0.05, 0.1) is 19.0 Å². The van der Waals surface area contributed by atoms with Crippen molar-refractivity contribution >= 4 is 5.69 Å². The van der Waals surface area contributed by atoms with Crippen molar-refractivity contribution in [1.82, 2.24) is 9.78 Å². The highest BCUT2D eigenvalue weighted by molar-refractivity contribution is 5.63. The van der Waals surface area contributed by atoms with Crippen LogP contribution in [0.1, 0.15) is 26.7 Å². The summed E-state index contributed by atoms with van der Waals surface area (Å²) in [6.45, 7) is 5.67. The SMILES string of the molecule is CCCOc1cccc(Oc2cnn(CCC)c2)c1N. The summed E-state index contributed by atoms with van der Waals surface area (Å²) in [4.78, 5) is 0. The summed E-state index contributed by atoms with van der Waals surface area (Å²) < 4.78 is 13.2. The molecule has 2 aromatic rings. The van der Waals surface area contributed by atoms with Gasteiger partial charge in [-0.2, -0.15) is 5.10 Å². The van der Waals surface area contributed by atoms with Gasteiger partial charge in [0.2, 0.25) is 0 Å². The molecule has 20 heavy (non-hydrogen) atoms. The molecular weight excluding hydrogens is 254 g/mol. The molecule has 1 heterocycles. The number of nitrogens with zero attached hydrogens (tertiary/aromatic N) is 2. The molecule has 1 aromatic carbocycles. The van der Waals surface area contributed by atoms with Crippen LogP contribution in [0.4, 0.5) is 5.69 Å². The molecule has 0 spiro atoms. The minimum Gasteiger partial charge on any atom is -0.491 e. The molecule has 5 heteroatoms. The predicted octanol–water partition coefficient (Wildman–Crippen LogP) is 3.46. The van der Waals surface area contributed by atoms with E-state index in [0.29, 0.717) is 29.5 Å². The molecule has 2 rings (SSSR count). The van der Waals surface area contributed by atoms with E-state index >= 15 is 0 Å². The number of para-hydroxylation sites is 1. The first-order valence-electron chi connectivity index (χ1n) is 6.96. The van der Waals surface area contributed by atoms with Crippen LogP contribution in [0, 0.1) is 0 Å². The molecular formula is C15H21N3O2. The number of aromatic nitrogens is 2. The van der Waals surface area contributed by atoms with Crippen LogP contribution >= 0.6 is 0 Å². The van der Waals surface area contributed by atoms with Crippen molar-refractivity contribution in [2.75, 3.05) is 12.3 Å². The monoisotopic (exact) mass is 275 g/mol. The highest BCUT2D eigenvalue weighted by Crippen LogP contribution is 2.34. The molecule has 0 aliphatic carbocycles. The lowest BCUT2D eigenvalue weighted by Crippen LogP contribution is -2.00. The van der Waals surface area contributed by atoms with Crippen LogP contribution < -0.4 is 15.2 Å². The number of nitrogen functional groups attached to an aromatic ring is 1. The molecule has 0 saturated carbocycles. The van der Waals surface area contributed by atoms with Crippen molar-refractivity contribution in [3.63, 3.8) is 0 Å². The van der Waals surface area contributed by atoms with E-state index in [1.165, 1.54) is 0 Å². The molecule has 0 atom stereocenters. The molecule has 2 N–H and O–H groups in total. The molecule has 1 aromatic heterocycles. The number of benzene rings is 1. The van der Waals surface area contributed by atoms with Gasteiger partial charge in [-0.3, -0.25) is 4.68 Å².